The summed E-state index contributed by atoms with van der Waals surface area (Å²) >= 11 is 12.1. The third-order valence-corrected chi connectivity index (χ3v) is 5.08. The van der Waals surface area contributed by atoms with Crippen molar-refractivity contribution in [3.05, 3.63) is 33.8 Å². The van der Waals surface area contributed by atoms with Crippen LogP contribution in [0.1, 0.15) is 18.9 Å². The van der Waals surface area contributed by atoms with Crippen molar-refractivity contribution in [2.45, 2.75) is 19.9 Å². The summed E-state index contributed by atoms with van der Waals surface area (Å²) in [6.45, 7) is 7.46. The molecule has 1 aromatic carbocycles. The SMILES string of the molecule is CCN1CCC(CNC(=NC)N(C)Cc2ccc(Cl)c(Cl)c2)C1.I. The maximum atomic E-state index is 6.08. The molecule has 24 heavy (non-hydrogen) atoms. The Hall–Kier alpha value is -0.240. The first-order valence-electron chi connectivity index (χ1n) is 8.11. The minimum atomic E-state index is 0. The molecule has 1 fully saturated rings. The van der Waals surface area contributed by atoms with E-state index < -0.39 is 0 Å². The Labute approximate surface area is 172 Å². The van der Waals surface area contributed by atoms with Crippen LogP contribution in [0, 0.1) is 5.92 Å². The lowest BCUT2D eigenvalue weighted by atomic mass is 10.1. The second-order valence-electron chi connectivity index (χ2n) is 6.08. The van der Waals surface area contributed by atoms with Crippen LogP contribution in [0.5, 0.6) is 0 Å². The molecule has 0 radical (unpaired) electrons. The first kappa shape index (κ1) is 21.8. The summed E-state index contributed by atoms with van der Waals surface area (Å²) in [6, 6.07) is 5.74. The van der Waals surface area contributed by atoms with Crippen molar-refractivity contribution < 1.29 is 0 Å². The molecule has 136 valence electrons. The number of benzene rings is 1. The van der Waals surface area contributed by atoms with E-state index in [0.717, 1.165) is 31.2 Å². The van der Waals surface area contributed by atoms with Crippen molar-refractivity contribution in [2.24, 2.45) is 10.9 Å². The van der Waals surface area contributed by atoms with Crippen molar-refractivity contribution in [1.82, 2.24) is 15.1 Å². The Morgan fingerprint density at radius 2 is 2.12 bits per heavy atom. The fourth-order valence-corrected chi connectivity index (χ4v) is 3.29. The fourth-order valence-electron chi connectivity index (χ4n) is 2.97. The van der Waals surface area contributed by atoms with Crippen molar-refractivity contribution >= 4 is 53.1 Å². The summed E-state index contributed by atoms with van der Waals surface area (Å²) in [7, 11) is 3.85. The zero-order chi connectivity index (χ0) is 16.8. The summed E-state index contributed by atoms with van der Waals surface area (Å²) in [5.74, 6) is 1.61. The fraction of sp³-hybridized carbons (Fsp3) is 0.588. The average molecular weight is 485 g/mol. The molecule has 0 bridgehead atoms. The van der Waals surface area contributed by atoms with Crippen molar-refractivity contribution in [2.75, 3.05) is 40.3 Å². The third-order valence-electron chi connectivity index (χ3n) is 4.34. The molecule has 1 aliphatic rings. The molecule has 0 aliphatic carbocycles. The third kappa shape index (κ3) is 6.24. The van der Waals surface area contributed by atoms with Gasteiger partial charge in [0.2, 0.25) is 0 Å². The molecule has 0 saturated carbocycles. The van der Waals surface area contributed by atoms with E-state index in [0.29, 0.717) is 16.0 Å². The van der Waals surface area contributed by atoms with Crippen LogP contribution in [0.2, 0.25) is 10.0 Å². The van der Waals surface area contributed by atoms with Crippen molar-refractivity contribution in [1.29, 1.82) is 0 Å². The predicted molar refractivity (Wildman–Crippen MR) is 115 cm³/mol. The smallest absolute Gasteiger partial charge is 0.193 e. The molecule has 2 rings (SSSR count). The van der Waals surface area contributed by atoms with E-state index in [1.54, 1.807) is 0 Å². The Kier molecular flexibility index (Phi) is 9.71. The van der Waals surface area contributed by atoms with Crippen LogP contribution in [0.4, 0.5) is 0 Å². The van der Waals surface area contributed by atoms with E-state index >= 15 is 0 Å². The highest BCUT2D eigenvalue weighted by Gasteiger charge is 2.21. The van der Waals surface area contributed by atoms with Gasteiger partial charge in [0.05, 0.1) is 10.0 Å². The first-order valence-corrected chi connectivity index (χ1v) is 8.87. The minimum absolute atomic E-state index is 0. The van der Waals surface area contributed by atoms with E-state index in [2.05, 4.69) is 27.0 Å². The number of guanidine groups is 1. The molecule has 0 amide bonds. The Morgan fingerprint density at radius 1 is 1.38 bits per heavy atom. The van der Waals surface area contributed by atoms with Crippen LogP contribution >= 0.6 is 47.2 Å². The topological polar surface area (TPSA) is 30.9 Å². The van der Waals surface area contributed by atoms with Crippen LogP contribution in [0.15, 0.2) is 23.2 Å². The summed E-state index contributed by atoms with van der Waals surface area (Å²) < 4.78 is 0. The standard InChI is InChI=1S/C17H26Cl2N4.HI/c1-4-23-8-7-14(12-23)10-21-17(20-2)22(3)11-13-5-6-15(18)16(19)9-13;/h5-6,9,14H,4,7-8,10-12H2,1-3H3,(H,20,21);1H. The molecular weight excluding hydrogens is 458 g/mol. The molecule has 0 aromatic heterocycles. The normalized spacial score (nSPS) is 18.4. The van der Waals surface area contributed by atoms with Gasteiger partial charge in [-0.15, -0.1) is 24.0 Å². The zero-order valence-corrected chi connectivity index (χ0v) is 18.4. The monoisotopic (exact) mass is 484 g/mol. The van der Waals surface area contributed by atoms with Gasteiger partial charge in [-0.3, -0.25) is 4.99 Å². The highest BCUT2D eigenvalue weighted by atomic mass is 127. The zero-order valence-electron chi connectivity index (χ0n) is 14.6. The summed E-state index contributed by atoms with van der Waals surface area (Å²) in [6.07, 6.45) is 1.26. The van der Waals surface area contributed by atoms with E-state index in [4.69, 9.17) is 23.2 Å². The quantitative estimate of drug-likeness (QED) is 0.390. The Morgan fingerprint density at radius 3 is 2.71 bits per heavy atom. The lowest BCUT2D eigenvalue weighted by Gasteiger charge is -2.24. The minimum Gasteiger partial charge on any atom is -0.356 e. The van der Waals surface area contributed by atoms with Gasteiger partial charge in [-0.1, -0.05) is 36.2 Å². The second-order valence-corrected chi connectivity index (χ2v) is 6.89. The largest absolute Gasteiger partial charge is 0.356 e. The number of hydrogen-bond acceptors (Lipinski definition) is 2. The molecule has 1 aromatic rings. The van der Waals surface area contributed by atoms with Crippen LogP contribution in [-0.2, 0) is 6.54 Å². The lowest BCUT2D eigenvalue weighted by Crippen LogP contribution is -2.41. The number of nitrogens with zero attached hydrogens (tertiary/aromatic N) is 3. The summed E-state index contributed by atoms with van der Waals surface area (Å²) in [5, 5.41) is 4.67. The van der Waals surface area contributed by atoms with Gasteiger partial charge >= 0.3 is 0 Å². The predicted octanol–water partition coefficient (Wildman–Crippen LogP) is 3.96. The lowest BCUT2D eigenvalue weighted by molar-refractivity contribution is 0.340. The van der Waals surface area contributed by atoms with Gasteiger partial charge in [0.25, 0.3) is 0 Å². The first-order chi connectivity index (χ1) is 11.0. The molecule has 1 atom stereocenters. The Bertz CT molecular complexity index is 553. The van der Waals surface area contributed by atoms with Gasteiger partial charge in [-0.25, -0.2) is 0 Å². The molecule has 1 heterocycles. The highest BCUT2D eigenvalue weighted by Crippen LogP contribution is 2.23. The molecule has 7 heteroatoms. The van der Waals surface area contributed by atoms with Gasteiger partial charge in [-0.05, 0) is 43.1 Å². The molecule has 1 N–H and O–H groups in total. The van der Waals surface area contributed by atoms with Crippen LogP contribution < -0.4 is 5.32 Å². The van der Waals surface area contributed by atoms with Crippen LogP contribution in [0.3, 0.4) is 0 Å². The van der Waals surface area contributed by atoms with Gasteiger partial charge in [0.15, 0.2) is 5.96 Å². The second kappa shape index (κ2) is 10.7. The van der Waals surface area contributed by atoms with E-state index in [1.807, 2.05) is 32.3 Å². The average Bonchev–Trinajstić information content (AvgIpc) is 2.99. The number of likely N-dealkylation sites (tertiary alicyclic amines) is 1. The number of rotatable bonds is 5. The molecule has 1 unspecified atom stereocenters. The van der Waals surface area contributed by atoms with Crippen LogP contribution in [0.25, 0.3) is 0 Å². The van der Waals surface area contributed by atoms with Crippen molar-refractivity contribution in [3.63, 3.8) is 0 Å². The number of nitrogens with one attached hydrogen (secondary N) is 1. The molecule has 1 saturated heterocycles. The van der Waals surface area contributed by atoms with Crippen LogP contribution in [-0.4, -0.2) is 56.0 Å². The summed E-state index contributed by atoms with van der Waals surface area (Å²) in [5.41, 5.74) is 1.11. The Balaban J connectivity index is 0.00000288. The van der Waals surface area contributed by atoms with Gasteiger partial charge in [0.1, 0.15) is 0 Å². The van der Waals surface area contributed by atoms with E-state index in [9.17, 15) is 0 Å². The van der Waals surface area contributed by atoms with E-state index in [-0.39, 0.29) is 24.0 Å². The molecule has 0 spiro atoms. The number of hydrogen-bond donors (Lipinski definition) is 1. The summed E-state index contributed by atoms with van der Waals surface area (Å²) in [4.78, 5) is 8.98. The maximum absolute atomic E-state index is 6.08. The maximum Gasteiger partial charge on any atom is 0.193 e. The number of halogens is 3. The number of aliphatic imine (C=N–C) groups is 1. The molecule has 4 nitrogen and oxygen atoms in total. The highest BCUT2D eigenvalue weighted by molar-refractivity contribution is 14.0. The van der Waals surface area contributed by atoms with E-state index in [1.165, 1.54) is 19.5 Å². The molecule has 1 aliphatic heterocycles. The van der Waals surface area contributed by atoms with Crippen molar-refractivity contribution in [3.8, 4) is 0 Å². The van der Waals surface area contributed by atoms with Gasteiger partial charge < -0.3 is 15.1 Å². The van der Waals surface area contributed by atoms with Gasteiger partial charge in [0, 0.05) is 33.7 Å². The molecular formula is C17H27Cl2IN4. The van der Waals surface area contributed by atoms with Gasteiger partial charge in [-0.2, -0.15) is 0 Å².